The Morgan fingerprint density at radius 3 is 2.63 bits per heavy atom. The van der Waals surface area contributed by atoms with Gasteiger partial charge in [0, 0.05) is 50.0 Å². The predicted octanol–water partition coefficient (Wildman–Crippen LogP) is 3.85. The Hall–Kier alpha value is -3.46. The number of nitrogens with one attached hydrogen (secondary N) is 1. The van der Waals surface area contributed by atoms with Gasteiger partial charge in [-0.05, 0) is 42.9 Å². The number of H-pyrrole nitrogens is 1. The van der Waals surface area contributed by atoms with Crippen molar-refractivity contribution in [1.29, 1.82) is 0 Å². The van der Waals surface area contributed by atoms with Crippen molar-refractivity contribution in [3.05, 3.63) is 42.5 Å². The van der Waals surface area contributed by atoms with Crippen LogP contribution >= 0.6 is 0 Å². The Labute approximate surface area is 205 Å². The lowest BCUT2D eigenvalue weighted by atomic mass is 9.96. The molecule has 0 spiro atoms. The summed E-state index contributed by atoms with van der Waals surface area (Å²) in [6, 6.07) is 6.26. The summed E-state index contributed by atoms with van der Waals surface area (Å²) in [6.45, 7) is 10.0. The van der Waals surface area contributed by atoms with Crippen LogP contribution in [0.2, 0.25) is 0 Å². The molecule has 2 aliphatic rings. The van der Waals surface area contributed by atoms with Gasteiger partial charge in [0.2, 0.25) is 0 Å². The van der Waals surface area contributed by atoms with Gasteiger partial charge < -0.3 is 9.64 Å². The summed E-state index contributed by atoms with van der Waals surface area (Å²) in [4.78, 5) is 14.2. The summed E-state index contributed by atoms with van der Waals surface area (Å²) >= 11 is 0. The third kappa shape index (κ3) is 4.25. The van der Waals surface area contributed by atoms with Crippen molar-refractivity contribution >= 4 is 11.3 Å². The van der Waals surface area contributed by atoms with Gasteiger partial charge in [0.15, 0.2) is 11.4 Å². The normalized spacial score (nSPS) is 17.0. The van der Waals surface area contributed by atoms with Gasteiger partial charge in [-0.15, -0.1) is 0 Å². The van der Waals surface area contributed by atoms with E-state index in [-0.39, 0.29) is 5.92 Å². The molecule has 4 aromatic heterocycles. The minimum atomic E-state index is 0.247. The number of rotatable bonds is 7. The number of nitrogens with zero attached hydrogens (tertiary/aromatic N) is 7. The summed E-state index contributed by atoms with van der Waals surface area (Å²) in [5.41, 5.74) is 6.65. The number of fused-ring (bicyclic) bond motifs is 1. The van der Waals surface area contributed by atoms with Crippen molar-refractivity contribution in [2.45, 2.75) is 32.6 Å². The maximum absolute atomic E-state index is 5.56. The van der Waals surface area contributed by atoms with Gasteiger partial charge in [0.1, 0.15) is 6.33 Å². The van der Waals surface area contributed by atoms with E-state index in [2.05, 4.69) is 51.0 Å². The molecule has 1 saturated carbocycles. The van der Waals surface area contributed by atoms with Crippen LogP contribution < -0.4 is 9.64 Å². The highest BCUT2D eigenvalue weighted by molar-refractivity contribution is 5.75. The molecule has 0 aromatic carbocycles. The molecule has 35 heavy (non-hydrogen) atoms. The second-order valence-electron chi connectivity index (χ2n) is 9.97. The van der Waals surface area contributed by atoms with Crippen molar-refractivity contribution in [2.24, 2.45) is 5.92 Å². The van der Waals surface area contributed by atoms with Crippen molar-refractivity contribution in [3.8, 4) is 28.4 Å². The minimum absolute atomic E-state index is 0.247. The molecular weight excluding hydrogens is 440 g/mol. The first-order valence-electron chi connectivity index (χ1n) is 12.5. The van der Waals surface area contributed by atoms with E-state index in [0.29, 0.717) is 11.4 Å². The molecule has 1 saturated heterocycles. The van der Waals surface area contributed by atoms with E-state index in [1.165, 1.54) is 31.4 Å². The number of methoxy groups -OCH3 is 1. The third-order valence-corrected chi connectivity index (χ3v) is 7.17. The van der Waals surface area contributed by atoms with E-state index < -0.39 is 0 Å². The van der Waals surface area contributed by atoms with Crippen molar-refractivity contribution in [1.82, 2.24) is 34.7 Å². The molecule has 1 aliphatic heterocycles. The van der Waals surface area contributed by atoms with Crippen LogP contribution in [0.15, 0.2) is 36.9 Å². The molecule has 6 rings (SSSR count). The molecule has 0 amide bonds. The Morgan fingerprint density at radius 2 is 1.94 bits per heavy atom. The highest BCUT2D eigenvalue weighted by Gasteiger charge is 2.27. The molecule has 0 bridgehead atoms. The van der Waals surface area contributed by atoms with E-state index in [1.54, 1.807) is 11.6 Å². The summed E-state index contributed by atoms with van der Waals surface area (Å²) in [6.07, 6.45) is 8.31. The number of hydrogen-bond donors (Lipinski definition) is 1. The van der Waals surface area contributed by atoms with Gasteiger partial charge in [-0.3, -0.25) is 15.0 Å². The molecule has 5 heterocycles. The quantitative estimate of drug-likeness (QED) is 0.437. The zero-order valence-corrected chi connectivity index (χ0v) is 20.6. The number of anilines is 1. The third-order valence-electron chi connectivity index (χ3n) is 7.17. The van der Waals surface area contributed by atoms with Crippen LogP contribution in [0.25, 0.3) is 28.3 Å². The fourth-order valence-corrected chi connectivity index (χ4v) is 5.08. The van der Waals surface area contributed by atoms with Crippen LogP contribution in [0.5, 0.6) is 5.75 Å². The number of aromatic amines is 1. The predicted molar refractivity (Wildman–Crippen MR) is 136 cm³/mol. The number of hydrogen-bond acceptors (Lipinski definition) is 7. The Kier molecular flexibility index (Phi) is 5.64. The molecule has 0 radical (unpaired) electrons. The lowest BCUT2D eigenvalue weighted by Crippen LogP contribution is -2.47. The first kappa shape index (κ1) is 22.0. The highest BCUT2D eigenvalue weighted by atomic mass is 16.5. The highest BCUT2D eigenvalue weighted by Crippen LogP contribution is 2.37. The zero-order chi connectivity index (χ0) is 23.9. The largest absolute Gasteiger partial charge is 0.493 e. The van der Waals surface area contributed by atoms with Crippen LogP contribution in [0.4, 0.5) is 5.69 Å². The topological polar surface area (TPSA) is 87.5 Å². The van der Waals surface area contributed by atoms with Gasteiger partial charge >= 0.3 is 0 Å². The van der Waals surface area contributed by atoms with Gasteiger partial charge in [-0.1, -0.05) is 13.8 Å². The molecule has 1 N–H and O–H groups in total. The molecular formula is C26H32N8O. The van der Waals surface area contributed by atoms with Crippen LogP contribution in [0.3, 0.4) is 0 Å². The molecule has 4 aromatic rings. The first-order chi connectivity index (χ1) is 17.1. The van der Waals surface area contributed by atoms with Crippen molar-refractivity contribution < 1.29 is 4.74 Å². The SMILES string of the molecule is COc1cc(-c2n[nH]c(-c3ccc(N4CCN(CC5CC5)CC4)cn3)c2C(C)C)cn2ncnc12. The van der Waals surface area contributed by atoms with Crippen molar-refractivity contribution in [2.75, 3.05) is 44.7 Å². The second kappa shape index (κ2) is 8.96. The number of ether oxygens (including phenoxy) is 1. The van der Waals surface area contributed by atoms with Crippen molar-refractivity contribution in [3.63, 3.8) is 0 Å². The average molecular weight is 473 g/mol. The summed E-state index contributed by atoms with van der Waals surface area (Å²) in [5.74, 6) is 1.87. The number of piperazine rings is 1. The molecule has 182 valence electrons. The zero-order valence-electron chi connectivity index (χ0n) is 20.6. The molecule has 9 heteroatoms. The minimum Gasteiger partial charge on any atom is -0.493 e. The van der Waals surface area contributed by atoms with Crippen LogP contribution in [-0.4, -0.2) is 74.5 Å². The summed E-state index contributed by atoms with van der Waals surface area (Å²) < 4.78 is 7.28. The van der Waals surface area contributed by atoms with Gasteiger partial charge in [0.05, 0.1) is 36.1 Å². The van der Waals surface area contributed by atoms with E-state index in [1.807, 2.05) is 18.5 Å². The van der Waals surface area contributed by atoms with Gasteiger partial charge in [-0.2, -0.15) is 10.2 Å². The monoisotopic (exact) mass is 472 g/mol. The summed E-state index contributed by atoms with van der Waals surface area (Å²) in [5, 5.41) is 12.3. The number of aromatic nitrogens is 6. The summed E-state index contributed by atoms with van der Waals surface area (Å²) in [7, 11) is 1.64. The fourth-order valence-electron chi connectivity index (χ4n) is 5.08. The Bertz CT molecular complexity index is 1310. The standard InChI is InChI=1S/C26H32N8O/c1-17(2)23-24(19-12-22(35-3)26-28-16-29-34(26)15-19)30-31-25(23)21-7-6-20(13-27-21)33-10-8-32(9-11-33)14-18-4-5-18/h6-7,12-13,15-18H,4-5,8-11,14H2,1-3H3,(H,30,31). The molecule has 0 atom stereocenters. The van der Waals surface area contributed by atoms with Crippen LogP contribution in [0, 0.1) is 5.92 Å². The molecule has 1 aliphatic carbocycles. The Balaban J connectivity index is 1.26. The number of pyridine rings is 2. The molecule has 0 unspecified atom stereocenters. The van der Waals surface area contributed by atoms with E-state index in [4.69, 9.17) is 14.8 Å². The maximum atomic E-state index is 5.56. The smallest absolute Gasteiger partial charge is 0.197 e. The second-order valence-corrected chi connectivity index (χ2v) is 9.97. The van der Waals surface area contributed by atoms with E-state index >= 15 is 0 Å². The maximum Gasteiger partial charge on any atom is 0.197 e. The van der Waals surface area contributed by atoms with Gasteiger partial charge in [-0.25, -0.2) is 9.50 Å². The van der Waals surface area contributed by atoms with Crippen LogP contribution in [-0.2, 0) is 0 Å². The first-order valence-corrected chi connectivity index (χ1v) is 12.5. The van der Waals surface area contributed by atoms with Crippen LogP contribution in [0.1, 0.15) is 38.2 Å². The molecule has 9 nitrogen and oxygen atoms in total. The lowest BCUT2D eigenvalue weighted by Gasteiger charge is -2.36. The van der Waals surface area contributed by atoms with E-state index in [0.717, 1.165) is 60.3 Å². The average Bonchev–Trinajstić information content (AvgIpc) is 3.38. The lowest BCUT2D eigenvalue weighted by molar-refractivity contribution is 0.248. The molecule has 2 fully saturated rings. The van der Waals surface area contributed by atoms with E-state index in [9.17, 15) is 0 Å². The Morgan fingerprint density at radius 1 is 1.11 bits per heavy atom. The fraction of sp³-hybridized carbons (Fsp3) is 0.462. The van der Waals surface area contributed by atoms with Gasteiger partial charge in [0.25, 0.3) is 0 Å².